The molecule has 6 nitrogen and oxygen atoms in total. The summed E-state index contributed by atoms with van der Waals surface area (Å²) in [6.45, 7) is 0. The molecule has 0 aliphatic rings. The summed E-state index contributed by atoms with van der Waals surface area (Å²) in [6.07, 6.45) is 0. The van der Waals surface area contributed by atoms with Crippen LogP contribution in [0, 0.1) is 11.3 Å². The lowest BCUT2D eigenvalue weighted by atomic mass is 9.95. The molecule has 0 unspecified atom stereocenters. The van der Waals surface area contributed by atoms with Crippen LogP contribution in [0.1, 0.15) is 5.56 Å². The molecule has 0 aliphatic heterocycles. The first-order valence-corrected chi connectivity index (χ1v) is 33.8. The first kappa shape index (κ1) is 58.9. The fourth-order valence-electron chi connectivity index (χ4n) is 14.4. The fraction of sp³-hybridized carbons (Fsp3) is 0. The molecule has 100 heavy (non-hydrogen) atoms. The monoisotopic (exact) mass is 1270 g/mol. The lowest BCUT2D eigenvalue weighted by Crippen LogP contribution is -2.05. The Bertz CT molecular complexity index is 5490. The summed E-state index contributed by atoms with van der Waals surface area (Å²) < 4.78 is 4.67. The Labute approximate surface area is 579 Å². The number of hydrogen-bond acceptors (Lipinski definition) is 4. The van der Waals surface area contributed by atoms with Crippen molar-refractivity contribution >= 4 is 43.6 Å². The second kappa shape index (κ2) is 25.2. The number of hydrogen-bond donors (Lipinski definition) is 0. The van der Waals surface area contributed by atoms with Crippen molar-refractivity contribution in [2.24, 2.45) is 0 Å². The number of fused-ring (bicyclic) bond motifs is 6. The topological polar surface area (TPSA) is 72.3 Å². The maximum Gasteiger partial charge on any atom is 0.104 e. The molecular weight excluding hydrogens is 1210 g/mol. The molecule has 0 N–H and O–H groups in total. The SMILES string of the molecule is N#Cc1c(-n2c3ccc(-c4ccccc4)cc3c3cc(-c4ccccc4)ccc32)cc(-c2cc(-c3cc(-c4ccccc4)nc(-c4ccccc4)c3)nc(-c3cc(-c4ccccc4)nc(-c4ccccc4)c3)c2)cc1-n1c2ccc(-c3ccccc3)cc2c2cc(-c3ccccc3)ccc21. The average Bonchev–Trinajstić information content (AvgIpc) is 1.57. The van der Waals surface area contributed by atoms with Crippen molar-refractivity contribution in [3.8, 4) is 141 Å². The molecule has 6 heteroatoms. The standard InChI is InChI=1S/C94H60N6/c95-61-82-93(99-89-45-41-70(62-25-9-1-10-26-62)49-78(89)79-50-71(42-46-90(79)99)63-27-11-2-12-28-63)59-75(60-94(82)100-91-47-43-72(64-29-13-3-14-30-64)51-80(91)81-52-73(44-48-92(81)100)65-31-15-4-16-32-65)74-53-87(76-55-83(66-33-17-5-18-34-66)96-84(56-76)67-35-19-6-20-36-67)98-88(54-74)77-57-85(68-37-21-7-22-38-68)97-86(58-77)69-39-23-8-24-40-69/h1-60H. The second-order valence-electron chi connectivity index (χ2n) is 25.4. The Balaban J connectivity index is 0.965. The van der Waals surface area contributed by atoms with Crippen molar-refractivity contribution in [2.75, 3.05) is 0 Å². The molecule has 0 radical (unpaired) electrons. The molecule has 466 valence electrons. The van der Waals surface area contributed by atoms with E-state index in [9.17, 15) is 5.26 Å². The van der Waals surface area contributed by atoms with Gasteiger partial charge in [0.05, 0.1) is 67.6 Å². The number of pyridine rings is 3. The van der Waals surface area contributed by atoms with Crippen LogP contribution in [0.25, 0.3) is 178 Å². The van der Waals surface area contributed by atoms with Gasteiger partial charge in [0.2, 0.25) is 0 Å². The molecule has 0 atom stereocenters. The largest absolute Gasteiger partial charge is 0.308 e. The summed E-state index contributed by atoms with van der Waals surface area (Å²) in [5.74, 6) is 0. The minimum absolute atomic E-state index is 0.512. The lowest BCUT2D eigenvalue weighted by Gasteiger charge is -2.19. The van der Waals surface area contributed by atoms with Gasteiger partial charge in [0.25, 0.3) is 0 Å². The molecule has 18 aromatic rings. The van der Waals surface area contributed by atoms with Crippen molar-refractivity contribution in [1.82, 2.24) is 24.1 Å². The molecule has 5 heterocycles. The molecule has 0 spiro atoms. The highest BCUT2D eigenvalue weighted by atomic mass is 15.0. The van der Waals surface area contributed by atoms with Gasteiger partial charge in [0.1, 0.15) is 11.6 Å². The van der Waals surface area contributed by atoms with Crippen LogP contribution < -0.4 is 0 Å². The third-order valence-electron chi connectivity index (χ3n) is 19.3. The van der Waals surface area contributed by atoms with Crippen LogP contribution in [-0.2, 0) is 0 Å². The minimum Gasteiger partial charge on any atom is -0.308 e. The van der Waals surface area contributed by atoms with Crippen molar-refractivity contribution in [3.63, 3.8) is 0 Å². The van der Waals surface area contributed by atoms with E-state index >= 15 is 0 Å². The Morgan fingerprint density at radius 1 is 0.190 bits per heavy atom. The lowest BCUT2D eigenvalue weighted by molar-refractivity contribution is 1.12. The summed E-state index contributed by atoms with van der Waals surface area (Å²) in [4.78, 5) is 16.5. The van der Waals surface area contributed by atoms with Crippen LogP contribution in [-0.4, -0.2) is 24.1 Å². The van der Waals surface area contributed by atoms with Crippen LogP contribution in [0.4, 0.5) is 0 Å². The van der Waals surface area contributed by atoms with E-state index in [-0.39, 0.29) is 0 Å². The molecule has 0 aliphatic carbocycles. The predicted octanol–water partition coefficient (Wildman–Crippen LogP) is 24.3. The van der Waals surface area contributed by atoms with Gasteiger partial charge in [-0.2, -0.15) is 5.26 Å². The fourth-order valence-corrected chi connectivity index (χ4v) is 14.4. The first-order chi connectivity index (χ1) is 49.5. The zero-order valence-corrected chi connectivity index (χ0v) is 54.3. The van der Waals surface area contributed by atoms with Gasteiger partial charge in [-0.3, -0.25) is 0 Å². The Kier molecular flexibility index (Phi) is 14.8. The third kappa shape index (κ3) is 10.9. The third-order valence-corrected chi connectivity index (χ3v) is 19.3. The van der Waals surface area contributed by atoms with Crippen molar-refractivity contribution < 1.29 is 0 Å². The number of aromatic nitrogens is 5. The quantitative estimate of drug-likeness (QED) is 0.115. The number of benzene rings is 13. The molecule has 0 saturated heterocycles. The van der Waals surface area contributed by atoms with Crippen LogP contribution in [0.15, 0.2) is 364 Å². The normalized spacial score (nSPS) is 11.4. The predicted molar refractivity (Wildman–Crippen MR) is 413 cm³/mol. The van der Waals surface area contributed by atoms with Crippen LogP contribution in [0.3, 0.4) is 0 Å². The van der Waals surface area contributed by atoms with Gasteiger partial charge < -0.3 is 9.13 Å². The van der Waals surface area contributed by atoms with E-state index in [0.717, 1.165) is 178 Å². The molecule has 5 aromatic heterocycles. The van der Waals surface area contributed by atoms with E-state index in [0.29, 0.717) is 5.56 Å². The molecule has 13 aromatic carbocycles. The molecule has 18 rings (SSSR count). The summed E-state index contributed by atoms with van der Waals surface area (Å²) >= 11 is 0. The first-order valence-electron chi connectivity index (χ1n) is 33.8. The summed E-state index contributed by atoms with van der Waals surface area (Å²) in [6, 6.07) is 132. The van der Waals surface area contributed by atoms with Crippen molar-refractivity contribution in [2.45, 2.75) is 0 Å². The van der Waals surface area contributed by atoms with E-state index in [2.05, 4.69) is 355 Å². The highest BCUT2D eigenvalue weighted by Gasteiger charge is 2.26. The summed E-state index contributed by atoms with van der Waals surface area (Å²) in [5, 5.41) is 16.8. The van der Waals surface area contributed by atoms with Gasteiger partial charge in [0.15, 0.2) is 0 Å². The van der Waals surface area contributed by atoms with Gasteiger partial charge in [0, 0.05) is 54.9 Å². The Morgan fingerprint density at radius 3 is 0.640 bits per heavy atom. The zero-order valence-electron chi connectivity index (χ0n) is 54.3. The van der Waals surface area contributed by atoms with Crippen LogP contribution in [0.2, 0.25) is 0 Å². The Hall–Kier alpha value is -13.6. The average molecular weight is 1270 g/mol. The van der Waals surface area contributed by atoms with Gasteiger partial charge in [-0.05, 0) is 153 Å². The van der Waals surface area contributed by atoms with E-state index in [1.54, 1.807) is 0 Å². The highest BCUT2D eigenvalue weighted by Crippen LogP contribution is 2.45. The van der Waals surface area contributed by atoms with E-state index in [1.807, 2.05) is 24.3 Å². The van der Waals surface area contributed by atoms with Gasteiger partial charge >= 0.3 is 0 Å². The van der Waals surface area contributed by atoms with Crippen LogP contribution in [0.5, 0.6) is 0 Å². The number of rotatable bonds is 13. The molecule has 0 fully saturated rings. The second-order valence-corrected chi connectivity index (χ2v) is 25.4. The minimum atomic E-state index is 0.512. The van der Waals surface area contributed by atoms with Gasteiger partial charge in [-0.25, -0.2) is 15.0 Å². The van der Waals surface area contributed by atoms with E-state index in [4.69, 9.17) is 15.0 Å². The van der Waals surface area contributed by atoms with Gasteiger partial charge in [-0.1, -0.05) is 267 Å². The molecular formula is C94H60N6. The maximum atomic E-state index is 12.5. The molecule has 0 amide bonds. The van der Waals surface area contributed by atoms with Crippen molar-refractivity contribution in [3.05, 3.63) is 370 Å². The highest BCUT2D eigenvalue weighted by molar-refractivity contribution is 6.14. The number of nitriles is 1. The Morgan fingerprint density at radius 2 is 0.400 bits per heavy atom. The van der Waals surface area contributed by atoms with Crippen LogP contribution >= 0.6 is 0 Å². The summed E-state index contributed by atoms with van der Waals surface area (Å²) in [7, 11) is 0. The van der Waals surface area contributed by atoms with Crippen molar-refractivity contribution in [1.29, 1.82) is 5.26 Å². The number of nitrogens with zero attached hydrogens (tertiary/aromatic N) is 6. The molecule has 0 bridgehead atoms. The van der Waals surface area contributed by atoms with E-state index < -0.39 is 0 Å². The van der Waals surface area contributed by atoms with E-state index in [1.165, 1.54) is 0 Å². The smallest absolute Gasteiger partial charge is 0.104 e. The zero-order chi connectivity index (χ0) is 66.5. The maximum absolute atomic E-state index is 12.5. The summed E-state index contributed by atoms with van der Waals surface area (Å²) in [5.41, 5.74) is 27.0. The molecule has 0 saturated carbocycles. The van der Waals surface area contributed by atoms with Gasteiger partial charge in [-0.15, -0.1) is 0 Å².